The van der Waals surface area contributed by atoms with Crippen molar-refractivity contribution >= 4 is 53.1 Å². The zero-order chi connectivity index (χ0) is 18.1. The number of nitrogens with one attached hydrogen (secondary N) is 1. The first-order valence-corrected chi connectivity index (χ1v) is 9.43. The van der Waals surface area contributed by atoms with Gasteiger partial charge in [-0.15, -0.1) is 24.0 Å². The molecule has 1 aromatic carbocycles. The predicted octanol–water partition coefficient (Wildman–Crippen LogP) is 4.06. The molecule has 1 saturated heterocycles. The Balaban J connectivity index is 0.00000338. The average Bonchev–Trinajstić information content (AvgIpc) is 3.05. The molecule has 1 atom stereocenters. The van der Waals surface area contributed by atoms with E-state index in [4.69, 9.17) is 37.7 Å². The lowest BCUT2D eigenvalue weighted by molar-refractivity contribution is 0.0536. The van der Waals surface area contributed by atoms with E-state index in [-0.39, 0.29) is 24.0 Å². The first-order valence-electron chi connectivity index (χ1n) is 8.68. The SMILES string of the molecule is CCNC(=NCc1ccc(Cl)cc1Cl)N1CCC(COCCOC)C1.I. The smallest absolute Gasteiger partial charge is 0.194 e. The van der Waals surface area contributed by atoms with Gasteiger partial charge in [0.2, 0.25) is 0 Å². The number of rotatable bonds is 8. The second-order valence-corrected chi connectivity index (χ2v) is 6.92. The number of halogens is 3. The van der Waals surface area contributed by atoms with Gasteiger partial charge in [0.1, 0.15) is 0 Å². The Bertz CT molecular complexity index is 575. The standard InChI is InChI=1S/C18H27Cl2N3O2.HI/c1-3-21-18(22-11-15-4-5-16(19)10-17(15)20)23-7-6-14(12-23)13-25-9-8-24-2;/h4-5,10,14H,3,6-9,11-13H2,1-2H3,(H,21,22);1H. The lowest BCUT2D eigenvalue weighted by atomic mass is 10.1. The molecule has 1 unspecified atom stereocenters. The first kappa shape index (κ1) is 23.8. The molecule has 0 bridgehead atoms. The summed E-state index contributed by atoms with van der Waals surface area (Å²) in [6.45, 7) is 7.43. The lowest BCUT2D eigenvalue weighted by Gasteiger charge is -2.22. The van der Waals surface area contributed by atoms with Gasteiger partial charge in [-0.05, 0) is 31.0 Å². The second kappa shape index (κ2) is 13.0. The normalized spacial score (nSPS) is 17.3. The minimum Gasteiger partial charge on any atom is -0.382 e. The summed E-state index contributed by atoms with van der Waals surface area (Å²) in [4.78, 5) is 7.03. The van der Waals surface area contributed by atoms with Crippen LogP contribution in [0.25, 0.3) is 0 Å². The van der Waals surface area contributed by atoms with Gasteiger partial charge in [0.05, 0.1) is 26.4 Å². The molecule has 0 spiro atoms. The monoisotopic (exact) mass is 515 g/mol. The van der Waals surface area contributed by atoms with E-state index < -0.39 is 0 Å². The first-order chi connectivity index (χ1) is 12.1. The topological polar surface area (TPSA) is 46.1 Å². The highest BCUT2D eigenvalue weighted by Crippen LogP contribution is 2.22. The summed E-state index contributed by atoms with van der Waals surface area (Å²) in [5.74, 6) is 1.45. The van der Waals surface area contributed by atoms with E-state index in [1.807, 2.05) is 12.1 Å². The van der Waals surface area contributed by atoms with E-state index in [0.717, 1.165) is 44.2 Å². The highest BCUT2D eigenvalue weighted by atomic mass is 127. The average molecular weight is 516 g/mol. The summed E-state index contributed by atoms with van der Waals surface area (Å²) in [5.41, 5.74) is 0.972. The van der Waals surface area contributed by atoms with Crippen LogP contribution in [0.4, 0.5) is 0 Å². The number of methoxy groups -OCH3 is 1. The van der Waals surface area contributed by atoms with Crippen molar-refractivity contribution in [2.75, 3.05) is 46.6 Å². The molecule has 1 aliphatic rings. The minimum absolute atomic E-state index is 0. The van der Waals surface area contributed by atoms with Crippen LogP contribution in [0.2, 0.25) is 10.0 Å². The summed E-state index contributed by atoms with van der Waals surface area (Å²) in [6.07, 6.45) is 1.11. The third-order valence-corrected chi connectivity index (χ3v) is 4.71. The summed E-state index contributed by atoms with van der Waals surface area (Å²) < 4.78 is 10.7. The van der Waals surface area contributed by atoms with E-state index in [9.17, 15) is 0 Å². The van der Waals surface area contributed by atoms with Crippen molar-refractivity contribution in [2.24, 2.45) is 10.9 Å². The highest BCUT2D eigenvalue weighted by Gasteiger charge is 2.25. The van der Waals surface area contributed by atoms with Crippen LogP contribution in [-0.2, 0) is 16.0 Å². The zero-order valence-electron chi connectivity index (χ0n) is 15.3. The van der Waals surface area contributed by atoms with Crippen LogP contribution in [0.3, 0.4) is 0 Å². The summed E-state index contributed by atoms with van der Waals surface area (Å²) in [5, 5.41) is 4.66. The molecule has 0 aromatic heterocycles. The van der Waals surface area contributed by atoms with Crippen molar-refractivity contribution in [1.82, 2.24) is 10.2 Å². The van der Waals surface area contributed by atoms with Gasteiger partial charge in [0.15, 0.2) is 5.96 Å². The van der Waals surface area contributed by atoms with Crippen LogP contribution in [0.15, 0.2) is 23.2 Å². The summed E-state index contributed by atoms with van der Waals surface area (Å²) in [7, 11) is 1.69. The van der Waals surface area contributed by atoms with Gasteiger partial charge < -0.3 is 19.7 Å². The van der Waals surface area contributed by atoms with Crippen molar-refractivity contribution in [3.63, 3.8) is 0 Å². The van der Waals surface area contributed by atoms with Crippen molar-refractivity contribution < 1.29 is 9.47 Å². The summed E-state index contributed by atoms with van der Waals surface area (Å²) >= 11 is 12.2. The Hall–Kier alpha value is -0.280. The lowest BCUT2D eigenvalue weighted by Crippen LogP contribution is -2.40. The van der Waals surface area contributed by atoms with Crippen molar-refractivity contribution in [3.05, 3.63) is 33.8 Å². The Labute approximate surface area is 183 Å². The second-order valence-electron chi connectivity index (χ2n) is 6.07. The van der Waals surface area contributed by atoms with E-state index in [0.29, 0.717) is 35.7 Å². The van der Waals surface area contributed by atoms with Crippen molar-refractivity contribution in [2.45, 2.75) is 19.9 Å². The van der Waals surface area contributed by atoms with Crippen LogP contribution in [0.5, 0.6) is 0 Å². The molecule has 0 radical (unpaired) electrons. The maximum absolute atomic E-state index is 6.24. The zero-order valence-corrected chi connectivity index (χ0v) is 19.2. The molecule has 5 nitrogen and oxygen atoms in total. The van der Waals surface area contributed by atoms with E-state index in [1.165, 1.54) is 0 Å². The van der Waals surface area contributed by atoms with Gasteiger partial charge in [-0.25, -0.2) is 4.99 Å². The van der Waals surface area contributed by atoms with Crippen molar-refractivity contribution in [1.29, 1.82) is 0 Å². The molecular weight excluding hydrogens is 488 g/mol. The number of nitrogens with zero attached hydrogens (tertiary/aromatic N) is 2. The van der Waals surface area contributed by atoms with Gasteiger partial charge in [-0.2, -0.15) is 0 Å². The maximum Gasteiger partial charge on any atom is 0.194 e. The fourth-order valence-corrected chi connectivity index (χ4v) is 3.26. The Morgan fingerprint density at radius 2 is 2.15 bits per heavy atom. The Morgan fingerprint density at radius 3 is 2.85 bits per heavy atom. The number of likely N-dealkylation sites (tertiary alicyclic amines) is 1. The molecule has 1 heterocycles. The molecule has 0 amide bonds. The van der Waals surface area contributed by atoms with Gasteiger partial charge in [-0.1, -0.05) is 29.3 Å². The number of benzene rings is 1. The molecule has 1 aromatic rings. The quantitative estimate of drug-likeness (QED) is 0.245. The molecule has 1 N–H and O–H groups in total. The van der Waals surface area contributed by atoms with Crippen LogP contribution >= 0.6 is 47.2 Å². The van der Waals surface area contributed by atoms with Gasteiger partial charge in [0, 0.05) is 42.7 Å². The molecule has 8 heteroatoms. The molecule has 0 aliphatic carbocycles. The van der Waals surface area contributed by atoms with Gasteiger partial charge in [0.25, 0.3) is 0 Å². The fourth-order valence-electron chi connectivity index (χ4n) is 2.79. The molecule has 1 aliphatic heterocycles. The van der Waals surface area contributed by atoms with E-state index in [1.54, 1.807) is 13.2 Å². The Kier molecular flexibility index (Phi) is 11.9. The maximum atomic E-state index is 6.24. The number of guanidine groups is 1. The molecule has 1 fully saturated rings. The van der Waals surface area contributed by atoms with Crippen LogP contribution in [-0.4, -0.2) is 57.4 Å². The van der Waals surface area contributed by atoms with Crippen molar-refractivity contribution in [3.8, 4) is 0 Å². The van der Waals surface area contributed by atoms with Crippen LogP contribution in [0, 0.1) is 5.92 Å². The van der Waals surface area contributed by atoms with Crippen LogP contribution < -0.4 is 5.32 Å². The van der Waals surface area contributed by atoms with E-state index >= 15 is 0 Å². The number of aliphatic imine (C=N–C) groups is 1. The van der Waals surface area contributed by atoms with Gasteiger partial charge >= 0.3 is 0 Å². The summed E-state index contributed by atoms with van der Waals surface area (Å²) in [6, 6.07) is 5.52. The van der Waals surface area contributed by atoms with Gasteiger partial charge in [-0.3, -0.25) is 0 Å². The fraction of sp³-hybridized carbons (Fsp3) is 0.611. The highest BCUT2D eigenvalue weighted by molar-refractivity contribution is 14.0. The third-order valence-electron chi connectivity index (χ3n) is 4.12. The molecule has 148 valence electrons. The third kappa shape index (κ3) is 7.76. The molecule has 2 rings (SSSR count). The number of hydrogen-bond donors (Lipinski definition) is 1. The number of ether oxygens (including phenoxy) is 2. The largest absolute Gasteiger partial charge is 0.382 e. The predicted molar refractivity (Wildman–Crippen MR) is 119 cm³/mol. The minimum atomic E-state index is 0. The molecule has 26 heavy (non-hydrogen) atoms. The molecular formula is C18H28Cl2IN3O2. The van der Waals surface area contributed by atoms with Crippen LogP contribution in [0.1, 0.15) is 18.9 Å². The number of hydrogen-bond acceptors (Lipinski definition) is 3. The Morgan fingerprint density at radius 1 is 1.35 bits per heavy atom. The molecule has 0 saturated carbocycles. The van der Waals surface area contributed by atoms with E-state index in [2.05, 4.69) is 17.1 Å².